The van der Waals surface area contributed by atoms with Crippen molar-refractivity contribution >= 4 is 33.5 Å². The molecule has 0 radical (unpaired) electrons. The number of rotatable bonds is 3. The summed E-state index contributed by atoms with van der Waals surface area (Å²) < 4.78 is 6.38. The third-order valence-electron chi connectivity index (χ3n) is 2.48. The van der Waals surface area contributed by atoms with Crippen LogP contribution in [-0.4, -0.2) is 11.1 Å². The number of hydrogen-bond donors (Lipinski definition) is 1. The average Bonchev–Trinajstić information content (AvgIpc) is 2.32. The zero-order valence-corrected chi connectivity index (χ0v) is 12.3. The van der Waals surface area contributed by atoms with Crippen LogP contribution in [0.4, 0.5) is 0 Å². The average molecular weight is 342 g/mol. The number of carboxylic acids is 1. The maximum absolute atomic E-state index is 11.1. The number of carbonyl (C=O) groups is 1. The molecule has 0 aromatic heterocycles. The Labute approximate surface area is 123 Å². The third kappa shape index (κ3) is 3.28. The highest BCUT2D eigenvalue weighted by Crippen LogP contribution is 2.33. The maximum Gasteiger partial charge on any atom is 0.339 e. The summed E-state index contributed by atoms with van der Waals surface area (Å²) in [4.78, 5) is 11.1. The molecule has 0 unspecified atom stereocenters. The molecule has 0 aliphatic heterocycles. The van der Waals surface area contributed by atoms with E-state index in [4.69, 9.17) is 21.4 Å². The summed E-state index contributed by atoms with van der Waals surface area (Å²) in [6, 6.07) is 9.96. The van der Waals surface area contributed by atoms with Gasteiger partial charge in [-0.3, -0.25) is 0 Å². The topological polar surface area (TPSA) is 46.5 Å². The molecule has 0 atom stereocenters. The van der Waals surface area contributed by atoms with E-state index >= 15 is 0 Å². The molecule has 2 aromatic rings. The van der Waals surface area contributed by atoms with Gasteiger partial charge in [0.1, 0.15) is 17.1 Å². The lowest BCUT2D eigenvalue weighted by atomic mass is 10.2. The Balaban J connectivity index is 2.42. The Bertz CT molecular complexity index is 641. The zero-order valence-electron chi connectivity index (χ0n) is 9.98. The van der Waals surface area contributed by atoms with Crippen molar-refractivity contribution in [1.82, 2.24) is 0 Å². The maximum atomic E-state index is 11.1. The fraction of sp³-hybridized carbons (Fsp3) is 0.0714. The molecule has 0 aliphatic rings. The predicted octanol–water partition coefficient (Wildman–Crippen LogP) is 4.90. The molecule has 2 rings (SSSR count). The van der Waals surface area contributed by atoms with Crippen molar-refractivity contribution in [3.63, 3.8) is 0 Å². The molecule has 5 heteroatoms. The van der Waals surface area contributed by atoms with Crippen LogP contribution < -0.4 is 4.74 Å². The first-order valence-electron chi connectivity index (χ1n) is 5.44. The molecule has 98 valence electrons. The van der Waals surface area contributed by atoms with Gasteiger partial charge in [0, 0.05) is 11.1 Å². The second kappa shape index (κ2) is 5.63. The minimum atomic E-state index is -1.06. The van der Waals surface area contributed by atoms with E-state index < -0.39 is 5.97 Å². The minimum absolute atomic E-state index is 0.0666. The smallest absolute Gasteiger partial charge is 0.339 e. The van der Waals surface area contributed by atoms with Gasteiger partial charge in [-0.2, -0.15) is 0 Å². The lowest BCUT2D eigenvalue weighted by Gasteiger charge is -2.11. The molecular formula is C14H10BrClO3. The molecule has 2 aromatic carbocycles. The van der Waals surface area contributed by atoms with Crippen LogP contribution in [-0.2, 0) is 0 Å². The number of carboxylic acid groups (broad SMARTS) is 1. The highest BCUT2D eigenvalue weighted by molar-refractivity contribution is 9.10. The highest BCUT2D eigenvalue weighted by Gasteiger charge is 2.13. The minimum Gasteiger partial charge on any atom is -0.478 e. The molecule has 3 nitrogen and oxygen atoms in total. The third-order valence-corrected chi connectivity index (χ3v) is 3.34. The number of hydrogen-bond acceptors (Lipinski definition) is 2. The van der Waals surface area contributed by atoms with Crippen molar-refractivity contribution in [2.45, 2.75) is 6.92 Å². The summed E-state index contributed by atoms with van der Waals surface area (Å²) in [6.07, 6.45) is 0. The quantitative estimate of drug-likeness (QED) is 0.863. The molecule has 0 heterocycles. The van der Waals surface area contributed by atoms with Gasteiger partial charge >= 0.3 is 5.97 Å². The van der Waals surface area contributed by atoms with Crippen LogP contribution in [0, 0.1) is 6.92 Å². The van der Waals surface area contributed by atoms with Gasteiger partial charge in [0.15, 0.2) is 0 Å². The number of halogens is 2. The van der Waals surface area contributed by atoms with E-state index in [9.17, 15) is 4.79 Å². The van der Waals surface area contributed by atoms with Crippen LogP contribution in [0.5, 0.6) is 11.5 Å². The standard InChI is InChI=1S/C14H10BrClO3/c1-8-2-5-12(11(15)6-8)19-13-7-9(16)3-4-10(13)14(17)18/h2-7H,1H3,(H,17,18). The Kier molecular flexibility index (Phi) is 4.12. The largest absolute Gasteiger partial charge is 0.478 e. The van der Waals surface area contributed by atoms with E-state index in [-0.39, 0.29) is 11.3 Å². The Morgan fingerprint density at radius 2 is 1.95 bits per heavy atom. The molecule has 0 bridgehead atoms. The number of aromatic carboxylic acids is 1. The van der Waals surface area contributed by atoms with Crippen molar-refractivity contribution in [3.8, 4) is 11.5 Å². The van der Waals surface area contributed by atoms with Gasteiger partial charge in [-0.25, -0.2) is 4.79 Å². The van der Waals surface area contributed by atoms with Crippen LogP contribution in [0.1, 0.15) is 15.9 Å². The van der Waals surface area contributed by atoms with Crippen molar-refractivity contribution in [1.29, 1.82) is 0 Å². The summed E-state index contributed by atoms with van der Waals surface area (Å²) in [6.45, 7) is 1.95. The zero-order chi connectivity index (χ0) is 14.0. The van der Waals surface area contributed by atoms with Crippen LogP contribution in [0.2, 0.25) is 5.02 Å². The van der Waals surface area contributed by atoms with E-state index in [1.807, 2.05) is 19.1 Å². The van der Waals surface area contributed by atoms with Crippen molar-refractivity contribution in [3.05, 3.63) is 57.0 Å². The van der Waals surface area contributed by atoms with Gasteiger partial charge in [-0.15, -0.1) is 0 Å². The van der Waals surface area contributed by atoms with Gasteiger partial charge < -0.3 is 9.84 Å². The van der Waals surface area contributed by atoms with Crippen molar-refractivity contribution in [2.24, 2.45) is 0 Å². The molecule has 19 heavy (non-hydrogen) atoms. The summed E-state index contributed by atoms with van der Waals surface area (Å²) in [5.74, 6) is -0.310. The van der Waals surface area contributed by atoms with E-state index in [1.54, 1.807) is 6.07 Å². The highest BCUT2D eigenvalue weighted by atomic mass is 79.9. The van der Waals surface area contributed by atoms with Gasteiger partial charge in [0.25, 0.3) is 0 Å². The van der Waals surface area contributed by atoms with Crippen molar-refractivity contribution < 1.29 is 14.6 Å². The summed E-state index contributed by atoms with van der Waals surface area (Å²) in [5, 5.41) is 9.53. The SMILES string of the molecule is Cc1ccc(Oc2cc(Cl)ccc2C(=O)O)c(Br)c1. The summed E-state index contributed by atoms with van der Waals surface area (Å²) in [7, 11) is 0. The van der Waals surface area contributed by atoms with E-state index in [2.05, 4.69) is 15.9 Å². The molecular weight excluding hydrogens is 332 g/mol. The molecule has 1 N–H and O–H groups in total. The summed E-state index contributed by atoms with van der Waals surface area (Å²) >= 11 is 9.25. The first-order valence-corrected chi connectivity index (χ1v) is 6.61. The molecule has 0 saturated heterocycles. The number of benzene rings is 2. The van der Waals surface area contributed by atoms with Crippen LogP contribution in [0.3, 0.4) is 0 Å². The Hall–Kier alpha value is -1.52. The monoisotopic (exact) mass is 340 g/mol. The first kappa shape index (κ1) is 13.9. The van der Waals surface area contributed by atoms with Crippen LogP contribution in [0.25, 0.3) is 0 Å². The van der Waals surface area contributed by atoms with Gasteiger partial charge in [0.05, 0.1) is 4.47 Å². The lowest BCUT2D eigenvalue weighted by Crippen LogP contribution is -2.00. The summed E-state index contributed by atoms with van der Waals surface area (Å²) in [5.41, 5.74) is 1.14. The van der Waals surface area contributed by atoms with E-state index in [0.29, 0.717) is 10.8 Å². The fourth-order valence-corrected chi connectivity index (χ4v) is 2.30. The Morgan fingerprint density at radius 3 is 2.58 bits per heavy atom. The molecule has 0 amide bonds. The second-order valence-electron chi connectivity index (χ2n) is 3.98. The number of aryl methyl sites for hydroxylation is 1. The van der Waals surface area contributed by atoms with Gasteiger partial charge in [0.2, 0.25) is 0 Å². The molecule has 0 fully saturated rings. The lowest BCUT2D eigenvalue weighted by molar-refractivity contribution is 0.0694. The number of ether oxygens (including phenoxy) is 1. The fourth-order valence-electron chi connectivity index (χ4n) is 1.56. The van der Waals surface area contributed by atoms with Crippen LogP contribution >= 0.6 is 27.5 Å². The molecule has 0 spiro atoms. The van der Waals surface area contributed by atoms with E-state index in [1.165, 1.54) is 18.2 Å². The van der Waals surface area contributed by atoms with E-state index in [0.717, 1.165) is 10.0 Å². The van der Waals surface area contributed by atoms with Gasteiger partial charge in [-0.1, -0.05) is 17.7 Å². The Morgan fingerprint density at radius 1 is 1.21 bits per heavy atom. The first-order chi connectivity index (χ1) is 8.97. The van der Waals surface area contributed by atoms with Crippen molar-refractivity contribution in [2.75, 3.05) is 0 Å². The molecule has 0 saturated carbocycles. The van der Waals surface area contributed by atoms with Gasteiger partial charge in [-0.05, 0) is 52.7 Å². The normalized spacial score (nSPS) is 10.3. The molecule has 0 aliphatic carbocycles. The second-order valence-corrected chi connectivity index (χ2v) is 5.27. The predicted molar refractivity (Wildman–Crippen MR) is 77.4 cm³/mol. The van der Waals surface area contributed by atoms with Crippen LogP contribution in [0.15, 0.2) is 40.9 Å².